The van der Waals surface area contributed by atoms with Crippen LogP contribution in [0.15, 0.2) is 12.3 Å². The Balaban J connectivity index is 1.58. The molecule has 3 N–H and O–H groups in total. The number of carbonyl (C=O) groups is 4. The van der Waals surface area contributed by atoms with Gasteiger partial charge in [-0.1, -0.05) is 6.92 Å². The summed E-state index contributed by atoms with van der Waals surface area (Å²) in [5.74, 6) is -0.514. The molecule has 1 aliphatic heterocycles. The molecule has 11 heteroatoms. The number of carbonyl (C=O) groups excluding carboxylic acids is 4. The van der Waals surface area contributed by atoms with Crippen LogP contribution in [-0.4, -0.2) is 63.7 Å². The van der Waals surface area contributed by atoms with Gasteiger partial charge in [0, 0.05) is 18.6 Å². The lowest BCUT2D eigenvalue weighted by Crippen LogP contribution is -2.58. The van der Waals surface area contributed by atoms with Gasteiger partial charge in [0.25, 0.3) is 0 Å². The second-order valence-electron chi connectivity index (χ2n) is 12.8. The molecule has 1 saturated heterocycles. The zero-order valence-electron chi connectivity index (χ0n) is 24.3. The fraction of sp³-hybridized carbons (Fsp3) is 0.679. The topological polar surface area (TPSA) is 139 Å². The second-order valence-corrected chi connectivity index (χ2v) is 12.8. The first kappa shape index (κ1) is 30.2. The largest absolute Gasteiger partial charge is 0.444 e. The maximum atomic E-state index is 13.3. The molecule has 39 heavy (non-hydrogen) atoms. The maximum Gasteiger partial charge on any atom is 0.413 e. The third-order valence-corrected chi connectivity index (χ3v) is 6.71. The third-order valence-electron chi connectivity index (χ3n) is 6.71. The van der Waals surface area contributed by atoms with Crippen molar-refractivity contribution >= 4 is 35.5 Å². The zero-order chi connectivity index (χ0) is 29.1. The summed E-state index contributed by atoms with van der Waals surface area (Å²) in [4.78, 5) is 56.3. The molecule has 2 aliphatic rings. The summed E-state index contributed by atoms with van der Waals surface area (Å²) in [5, 5.41) is 8.14. The summed E-state index contributed by atoms with van der Waals surface area (Å²) >= 11 is 0. The van der Waals surface area contributed by atoms with Gasteiger partial charge in [0.15, 0.2) is 0 Å². The van der Waals surface area contributed by atoms with Gasteiger partial charge in [0.1, 0.15) is 17.0 Å². The van der Waals surface area contributed by atoms with Crippen LogP contribution in [0.3, 0.4) is 0 Å². The van der Waals surface area contributed by atoms with E-state index in [1.807, 2.05) is 20.8 Å². The van der Waals surface area contributed by atoms with Crippen LogP contribution >= 0.6 is 0 Å². The van der Waals surface area contributed by atoms with Gasteiger partial charge in [0.05, 0.1) is 11.9 Å². The van der Waals surface area contributed by atoms with E-state index < -0.39 is 35.2 Å². The number of ether oxygens (including phenoxy) is 2. The van der Waals surface area contributed by atoms with E-state index in [1.165, 1.54) is 6.20 Å². The average Bonchev–Trinajstić information content (AvgIpc) is 2.75. The minimum absolute atomic E-state index is 0.00293. The Hall–Kier alpha value is -3.37. The molecular weight excluding hydrogens is 502 g/mol. The molecule has 0 aromatic carbocycles. The number of nitrogens with zero attached hydrogens (tertiary/aromatic N) is 2. The standard InChI is InChI=1S/C28H43N5O6/c1-16-9-10-21(18-12-19(13-18)31-25(36)38-27(3,4)5)33(15-16)24(35)23(34)30-20-11-17(2)22(29-14-20)32-26(37)39-28(6,7)8/h11,14,16,18-19,21H,9-10,12-13,15H2,1-8H3,(H,30,34)(H,31,36)(H,29,32,37)/t16-,18?,19?,21-/m1/s1. The van der Waals surface area contributed by atoms with Crippen molar-refractivity contribution in [3.05, 3.63) is 17.8 Å². The van der Waals surface area contributed by atoms with Crippen molar-refractivity contribution in [2.24, 2.45) is 11.8 Å². The molecule has 0 spiro atoms. The molecular formula is C28H43N5O6. The minimum Gasteiger partial charge on any atom is -0.444 e. The highest BCUT2D eigenvalue weighted by Gasteiger charge is 2.43. The van der Waals surface area contributed by atoms with Gasteiger partial charge in [0.2, 0.25) is 0 Å². The van der Waals surface area contributed by atoms with Gasteiger partial charge < -0.3 is 25.0 Å². The van der Waals surface area contributed by atoms with Crippen molar-refractivity contribution in [3.63, 3.8) is 0 Å². The molecule has 0 radical (unpaired) electrons. The van der Waals surface area contributed by atoms with Crippen molar-refractivity contribution in [2.75, 3.05) is 17.2 Å². The first-order valence-electron chi connectivity index (χ1n) is 13.6. The molecule has 4 amide bonds. The Morgan fingerprint density at radius 2 is 1.56 bits per heavy atom. The molecule has 2 fully saturated rings. The maximum absolute atomic E-state index is 13.3. The third kappa shape index (κ3) is 8.83. The predicted octanol–water partition coefficient (Wildman–Crippen LogP) is 4.61. The number of hydrogen-bond donors (Lipinski definition) is 3. The highest BCUT2D eigenvalue weighted by atomic mass is 16.6. The number of pyridine rings is 1. The number of likely N-dealkylation sites (tertiary alicyclic amines) is 1. The molecule has 2 atom stereocenters. The van der Waals surface area contributed by atoms with Crippen LogP contribution in [0.1, 0.15) is 79.7 Å². The number of anilines is 2. The summed E-state index contributed by atoms with van der Waals surface area (Å²) in [5.41, 5.74) is -0.252. The SMILES string of the molecule is Cc1cc(NC(=O)C(=O)N2C[C@H](C)CC[C@@H]2C2CC(NC(=O)OC(C)(C)C)C2)cnc1NC(=O)OC(C)(C)C. The van der Waals surface area contributed by atoms with E-state index in [-0.39, 0.29) is 23.9 Å². The van der Waals surface area contributed by atoms with Crippen LogP contribution in [0, 0.1) is 18.8 Å². The smallest absolute Gasteiger partial charge is 0.413 e. The van der Waals surface area contributed by atoms with Crippen molar-refractivity contribution in [1.82, 2.24) is 15.2 Å². The highest BCUT2D eigenvalue weighted by Crippen LogP contribution is 2.38. The minimum atomic E-state index is -0.731. The van der Waals surface area contributed by atoms with Gasteiger partial charge in [-0.2, -0.15) is 0 Å². The molecule has 0 unspecified atom stereocenters. The van der Waals surface area contributed by atoms with E-state index in [4.69, 9.17) is 9.47 Å². The number of aryl methyl sites for hydroxylation is 1. The number of alkyl carbamates (subject to hydrolysis) is 1. The van der Waals surface area contributed by atoms with Crippen LogP contribution in [0.2, 0.25) is 0 Å². The fourth-order valence-electron chi connectivity index (χ4n) is 4.95. The number of aromatic nitrogens is 1. The van der Waals surface area contributed by atoms with E-state index in [0.29, 0.717) is 23.6 Å². The molecule has 2 heterocycles. The first-order chi connectivity index (χ1) is 18.0. The summed E-state index contributed by atoms with van der Waals surface area (Å²) in [6.45, 7) is 15.1. The number of piperidine rings is 1. The average molecular weight is 546 g/mol. The van der Waals surface area contributed by atoms with Crippen molar-refractivity contribution in [1.29, 1.82) is 0 Å². The van der Waals surface area contributed by atoms with Crippen molar-refractivity contribution in [3.8, 4) is 0 Å². The Labute approximate surface area is 230 Å². The Morgan fingerprint density at radius 3 is 2.15 bits per heavy atom. The summed E-state index contributed by atoms with van der Waals surface area (Å²) in [6.07, 6.45) is 3.58. The Bertz CT molecular complexity index is 1090. The van der Waals surface area contributed by atoms with Crippen LogP contribution in [0.5, 0.6) is 0 Å². The zero-order valence-corrected chi connectivity index (χ0v) is 24.3. The van der Waals surface area contributed by atoms with E-state index in [9.17, 15) is 19.2 Å². The van der Waals surface area contributed by atoms with Gasteiger partial charge in [-0.25, -0.2) is 14.6 Å². The van der Waals surface area contributed by atoms with Crippen LogP contribution in [0.4, 0.5) is 21.1 Å². The first-order valence-corrected chi connectivity index (χ1v) is 13.6. The van der Waals surface area contributed by atoms with E-state index in [0.717, 1.165) is 25.7 Å². The predicted molar refractivity (Wildman–Crippen MR) is 147 cm³/mol. The van der Waals surface area contributed by atoms with Crippen LogP contribution in [0.25, 0.3) is 0 Å². The van der Waals surface area contributed by atoms with Gasteiger partial charge in [-0.15, -0.1) is 0 Å². The van der Waals surface area contributed by atoms with E-state index in [2.05, 4.69) is 27.9 Å². The number of nitrogens with one attached hydrogen (secondary N) is 3. The van der Waals surface area contributed by atoms with Gasteiger partial charge >= 0.3 is 24.0 Å². The van der Waals surface area contributed by atoms with Gasteiger partial charge in [-0.3, -0.25) is 14.9 Å². The summed E-state index contributed by atoms with van der Waals surface area (Å²) < 4.78 is 10.6. The van der Waals surface area contributed by atoms with Crippen LogP contribution in [-0.2, 0) is 19.1 Å². The quantitative estimate of drug-likeness (QED) is 0.470. The molecule has 1 aromatic heterocycles. The molecule has 1 aromatic rings. The lowest BCUT2D eigenvalue weighted by molar-refractivity contribution is -0.148. The van der Waals surface area contributed by atoms with E-state index in [1.54, 1.807) is 38.7 Å². The molecule has 1 saturated carbocycles. The lowest BCUT2D eigenvalue weighted by Gasteiger charge is -2.48. The molecule has 3 rings (SSSR count). The van der Waals surface area contributed by atoms with E-state index >= 15 is 0 Å². The molecule has 0 bridgehead atoms. The number of amides is 4. The highest BCUT2D eigenvalue weighted by molar-refractivity contribution is 6.39. The number of rotatable bonds is 4. The molecule has 1 aliphatic carbocycles. The number of hydrogen-bond acceptors (Lipinski definition) is 7. The normalized spacial score (nSPS) is 23.2. The van der Waals surface area contributed by atoms with Crippen molar-refractivity contribution < 1.29 is 28.7 Å². The van der Waals surface area contributed by atoms with Crippen molar-refractivity contribution in [2.45, 2.75) is 104 Å². The van der Waals surface area contributed by atoms with Gasteiger partial charge in [-0.05, 0) is 97.6 Å². The van der Waals surface area contributed by atoms with Crippen LogP contribution < -0.4 is 16.0 Å². The summed E-state index contributed by atoms with van der Waals surface area (Å²) in [6, 6.07) is 1.58. The summed E-state index contributed by atoms with van der Waals surface area (Å²) in [7, 11) is 0. The second kappa shape index (κ2) is 11.8. The Kier molecular flexibility index (Phi) is 9.12. The molecule has 216 valence electrons. The fourth-order valence-corrected chi connectivity index (χ4v) is 4.95. The monoisotopic (exact) mass is 545 g/mol. The lowest BCUT2D eigenvalue weighted by atomic mass is 9.72. The molecule has 11 nitrogen and oxygen atoms in total. The Morgan fingerprint density at radius 1 is 0.949 bits per heavy atom.